The lowest BCUT2D eigenvalue weighted by Gasteiger charge is -2.07. The van der Waals surface area contributed by atoms with Gasteiger partial charge in [0.05, 0.1) is 12.7 Å². The molecule has 0 atom stereocenters. The Bertz CT molecular complexity index is 550. The van der Waals surface area contributed by atoms with Crippen LogP contribution in [-0.2, 0) is 13.1 Å². The Hall–Kier alpha value is -1.61. The molecule has 1 aliphatic rings. The zero-order valence-electron chi connectivity index (χ0n) is 11.7. The number of benzene rings is 1. The molecular weight excluding hydrogens is 234 g/mol. The summed E-state index contributed by atoms with van der Waals surface area (Å²) in [5.41, 5.74) is 5.20. The van der Waals surface area contributed by atoms with Gasteiger partial charge in [0.15, 0.2) is 0 Å². The number of hydrogen-bond acceptors (Lipinski definition) is 2. The summed E-state index contributed by atoms with van der Waals surface area (Å²) in [5, 5.41) is 8.05. The summed E-state index contributed by atoms with van der Waals surface area (Å²) >= 11 is 0. The van der Waals surface area contributed by atoms with Crippen LogP contribution in [0.15, 0.2) is 30.5 Å². The van der Waals surface area contributed by atoms with E-state index in [0.29, 0.717) is 0 Å². The molecule has 0 aliphatic heterocycles. The molecule has 1 aliphatic carbocycles. The van der Waals surface area contributed by atoms with Gasteiger partial charge in [-0.2, -0.15) is 5.10 Å². The number of nitrogens with one attached hydrogen (secondary N) is 1. The monoisotopic (exact) mass is 255 g/mol. The van der Waals surface area contributed by atoms with Crippen LogP contribution in [0.1, 0.15) is 35.2 Å². The van der Waals surface area contributed by atoms with Gasteiger partial charge < -0.3 is 5.32 Å². The van der Waals surface area contributed by atoms with E-state index in [1.165, 1.54) is 35.2 Å². The molecule has 19 heavy (non-hydrogen) atoms. The van der Waals surface area contributed by atoms with Gasteiger partial charge >= 0.3 is 0 Å². The standard InChI is InChI=1S/C16H21N3/c1-12-3-5-14(6-4-12)11-19-13(2)15(10-18-19)9-17-16-7-8-16/h3-6,10,16-17H,7-9,11H2,1-2H3. The first-order chi connectivity index (χ1) is 9.22. The lowest BCUT2D eigenvalue weighted by molar-refractivity contribution is 0.654. The van der Waals surface area contributed by atoms with Crippen LogP contribution < -0.4 is 5.32 Å². The van der Waals surface area contributed by atoms with Crippen LogP contribution in [0.25, 0.3) is 0 Å². The number of nitrogens with zero attached hydrogens (tertiary/aromatic N) is 2. The molecule has 0 bridgehead atoms. The molecule has 0 spiro atoms. The van der Waals surface area contributed by atoms with Gasteiger partial charge in [0, 0.05) is 23.8 Å². The van der Waals surface area contributed by atoms with Crippen molar-refractivity contribution in [1.82, 2.24) is 15.1 Å². The molecule has 1 fully saturated rings. The van der Waals surface area contributed by atoms with Crippen LogP contribution in [0.4, 0.5) is 0 Å². The molecule has 0 amide bonds. The fourth-order valence-electron chi connectivity index (χ4n) is 2.23. The van der Waals surface area contributed by atoms with E-state index in [1.807, 2.05) is 6.20 Å². The quantitative estimate of drug-likeness (QED) is 0.890. The van der Waals surface area contributed by atoms with E-state index in [-0.39, 0.29) is 0 Å². The van der Waals surface area contributed by atoms with Crippen LogP contribution in [-0.4, -0.2) is 15.8 Å². The maximum Gasteiger partial charge on any atom is 0.0662 e. The van der Waals surface area contributed by atoms with Crippen molar-refractivity contribution in [3.05, 3.63) is 52.8 Å². The largest absolute Gasteiger partial charge is 0.310 e. The fraction of sp³-hybridized carbons (Fsp3) is 0.438. The molecule has 0 saturated heterocycles. The zero-order chi connectivity index (χ0) is 13.2. The Morgan fingerprint density at radius 1 is 1.21 bits per heavy atom. The van der Waals surface area contributed by atoms with Crippen molar-refractivity contribution in [2.75, 3.05) is 0 Å². The highest BCUT2D eigenvalue weighted by Crippen LogP contribution is 2.20. The highest BCUT2D eigenvalue weighted by Gasteiger charge is 2.20. The third-order valence-electron chi connectivity index (χ3n) is 3.82. The minimum absolute atomic E-state index is 0.750. The zero-order valence-corrected chi connectivity index (χ0v) is 11.7. The Balaban J connectivity index is 1.68. The predicted molar refractivity (Wildman–Crippen MR) is 77.1 cm³/mol. The molecule has 2 aromatic rings. The van der Waals surface area contributed by atoms with Gasteiger partial charge in [-0.3, -0.25) is 4.68 Å². The molecule has 1 heterocycles. The number of rotatable bonds is 5. The van der Waals surface area contributed by atoms with Crippen LogP contribution >= 0.6 is 0 Å². The SMILES string of the molecule is Cc1ccc(Cn2ncc(CNC3CC3)c2C)cc1. The maximum absolute atomic E-state index is 4.51. The maximum atomic E-state index is 4.51. The second-order valence-corrected chi connectivity index (χ2v) is 5.55. The fourth-order valence-corrected chi connectivity index (χ4v) is 2.23. The molecule has 1 N–H and O–H groups in total. The molecule has 1 aromatic carbocycles. The molecule has 3 rings (SSSR count). The van der Waals surface area contributed by atoms with Crippen molar-refractivity contribution in [1.29, 1.82) is 0 Å². The Morgan fingerprint density at radius 2 is 1.95 bits per heavy atom. The summed E-state index contributed by atoms with van der Waals surface area (Å²) < 4.78 is 2.09. The lowest BCUT2D eigenvalue weighted by Crippen LogP contribution is -2.15. The smallest absolute Gasteiger partial charge is 0.0662 e. The molecule has 0 unspecified atom stereocenters. The predicted octanol–water partition coefficient (Wildman–Crippen LogP) is 2.80. The normalized spacial score (nSPS) is 14.8. The number of aryl methyl sites for hydroxylation is 1. The summed E-state index contributed by atoms with van der Waals surface area (Å²) in [4.78, 5) is 0. The summed E-state index contributed by atoms with van der Waals surface area (Å²) in [7, 11) is 0. The summed E-state index contributed by atoms with van der Waals surface area (Å²) in [6.45, 7) is 6.08. The molecule has 1 saturated carbocycles. The van der Waals surface area contributed by atoms with E-state index in [0.717, 1.165) is 19.1 Å². The number of hydrogen-bond donors (Lipinski definition) is 1. The van der Waals surface area contributed by atoms with Crippen LogP contribution in [0.3, 0.4) is 0 Å². The van der Waals surface area contributed by atoms with E-state index in [4.69, 9.17) is 0 Å². The van der Waals surface area contributed by atoms with Crippen molar-refractivity contribution < 1.29 is 0 Å². The van der Waals surface area contributed by atoms with Crippen LogP contribution in [0.2, 0.25) is 0 Å². The van der Waals surface area contributed by atoms with Gasteiger partial charge in [0.25, 0.3) is 0 Å². The minimum atomic E-state index is 0.750. The molecular formula is C16H21N3. The van der Waals surface area contributed by atoms with Crippen LogP contribution in [0, 0.1) is 13.8 Å². The average molecular weight is 255 g/mol. The first-order valence-corrected chi connectivity index (χ1v) is 7.02. The van der Waals surface area contributed by atoms with Gasteiger partial charge in [-0.15, -0.1) is 0 Å². The summed E-state index contributed by atoms with van der Waals surface area (Å²) in [6.07, 6.45) is 4.66. The molecule has 3 nitrogen and oxygen atoms in total. The third-order valence-corrected chi connectivity index (χ3v) is 3.82. The van der Waals surface area contributed by atoms with Crippen molar-refractivity contribution in [3.8, 4) is 0 Å². The van der Waals surface area contributed by atoms with E-state index < -0.39 is 0 Å². The van der Waals surface area contributed by atoms with Crippen molar-refractivity contribution in [3.63, 3.8) is 0 Å². The first-order valence-electron chi connectivity index (χ1n) is 7.02. The van der Waals surface area contributed by atoms with Gasteiger partial charge in [0.2, 0.25) is 0 Å². The highest BCUT2D eigenvalue weighted by atomic mass is 15.3. The van der Waals surface area contributed by atoms with E-state index >= 15 is 0 Å². The molecule has 1 aromatic heterocycles. The van der Waals surface area contributed by atoms with E-state index in [9.17, 15) is 0 Å². The third kappa shape index (κ3) is 3.04. The van der Waals surface area contributed by atoms with Crippen molar-refractivity contribution >= 4 is 0 Å². The lowest BCUT2D eigenvalue weighted by atomic mass is 10.1. The van der Waals surface area contributed by atoms with Crippen molar-refractivity contribution in [2.24, 2.45) is 0 Å². The van der Waals surface area contributed by atoms with Gasteiger partial charge in [-0.1, -0.05) is 29.8 Å². The van der Waals surface area contributed by atoms with Gasteiger partial charge in [-0.05, 0) is 32.3 Å². The van der Waals surface area contributed by atoms with E-state index in [2.05, 4.69) is 53.2 Å². The Labute approximate surface area is 114 Å². The first kappa shape index (κ1) is 12.4. The second-order valence-electron chi connectivity index (χ2n) is 5.55. The van der Waals surface area contributed by atoms with Gasteiger partial charge in [-0.25, -0.2) is 0 Å². The second kappa shape index (κ2) is 5.17. The number of aromatic nitrogens is 2. The molecule has 3 heteroatoms. The summed E-state index contributed by atoms with van der Waals surface area (Å²) in [5.74, 6) is 0. The highest BCUT2D eigenvalue weighted by molar-refractivity contribution is 5.23. The Kier molecular flexibility index (Phi) is 3.38. The van der Waals surface area contributed by atoms with E-state index in [1.54, 1.807) is 0 Å². The Morgan fingerprint density at radius 3 is 2.63 bits per heavy atom. The topological polar surface area (TPSA) is 29.9 Å². The summed E-state index contributed by atoms with van der Waals surface area (Å²) in [6, 6.07) is 9.42. The van der Waals surface area contributed by atoms with Gasteiger partial charge in [0.1, 0.15) is 0 Å². The molecule has 100 valence electrons. The minimum Gasteiger partial charge on any atom is -0.310 e. The average Bonchev–Trinajstić information content (AvgIpc) is 3.17. The van der Waals surface area contributed by atoms with Crippen LogP contribution in [0.5, 0.6) is 0 Å². The molecule has 0 radical (unpaired) electrons. The van der Waals surface area contributed by atoms with Crippen molar-refractivity contribution in [2.45, 2.75) is 45.8 Å².